The van der Waals surface area contributed by atoms with Crippen LogP contribution >= 0.6 is 0 Å². The van der Waals surface area contributed by atoms with Crippen molar-refractivity contribution in [2.45, 2.75) is 71.6 Å². The number of hydrogen-bond acceptors (Lipinski definition) is 1. The lowest BCUT2D eigenvalue weighted by molar-refractivity contribution is 0.289. The lowest BCUT2D eigenvalue weighted by Gasteiger charge is -2.19. The average Bonchev–Trinajstić information content (AvgIpc) is 3.39. The highest BCUT2D eigenvalue weighted by molar-refractivity contribution is 5.65. The Morgan fingerprint density at radius 1 is 0.906 bits per heavy atom. The summed E-state index contributed by atoms with van der Waals surface area (Å²) in [6.45, 7) is 4.74. The first kappa shape index (κ1) is 23.0. The predicted molar refractivity (Wildman–Crippen MR) is 128 cm³/mol. The van der Waals surface area contributed by atoms with Crippen molar-refractivity contribution < 1.29 is 13.5 Å². The van der Waals surface area contributed by atoms with Crippen molar-refractivity contribution in [3.8, 4) is 16.9 Å². The maximum atomic E-state index is 14.7. The van der Waals surface area contributed by atoms with Gasteiger partial charge in [-0.3, -0.25) is 0 Å². The summed E-state index contributed by atoms with van der Waals surface area (Å²) >= 11 is 0. The Kier molecular flexibility index (Phi) is 7.65. The van der Waals surface area contributed by atoms with Crippen LogP contribution in [0.1, 0.15) is 70.8 Å². The van der Waals surface area contributed by atoms with Crippen LogP contribution in [0.25, 0.3) is 11.1 Å². The van der Waals surface area contributed by atoms with Gasteiger partial charge in [-0.15, -0.1) is 0 Å². The molecule has 0 N–H and O–H groups in total. The molecule has 3 atom stereocenters. The number of ether oxygens (including phenoxy) is 1. The summed E-state index contributed by atoms with van der Waals surface area (Å²) < 4.78 is 34.5. The molecule has 4 rings (SSSR count). The maximum absolute atomic E-state index is 14.7. The van der Waals surface area contributed by atoms with E-state index in [2.05, 4.69) is 25.1 Å². The van der Waals surface area contributed by atoms with Crippen molar-refractivity contribution in [2.24, 2.45) is 17.8 Å². The summed E-state index contributed by atoms with van der Waals surface area (Å²) in [6, 6.07) is 11.1. The van der Waals surface area contributed by atoms with Gasteiger partial charge in [0.15, 0.2) is 11.6 Å². The highest BCUT2D eigenvalue weighted by Gasteiger charge is 2.39. The third-order valence-corrected chi connectivity index (χ3v) is 7.53. The lowest BCUT2D eigenvalue weighted by atomic mass is 9.85. The molecule has 0 aromatic heterocycles. The molecular formula is C29H36F2O. The third kappa shape index (κ3) is 4.92. The van der Waals surface area contributed by atoms with E-state index in [0.29, 0.717) is 12.2 Å². The van der Waals surface area contributed by atoms with Gasteiger partial charge in [-0.1, -0.05) is 69.0 Å². The van der Waals surface area contributed by atoms with Crippen LogP contribution in [0.5, 0.6) is 5.75 Å². The highest BCUT2D eigenvalue weighted by Crippen LogP contribution is 2.50. The normalized spacial score (nSPS) is 22.1. The van der Waals surface area contributed by atoms with E-state index >= 15 is 0 Å². The van der Waals surface area contributed by atoms with E-state index in [-0.39, 0.29) is 11.3 Å². The van der Waals surface area contributed by atoms with Gasteiger partial charge in [-0.05, 0) is 79.5 Å². The minimum atomic E-state index is -0.900. The molecule has 3 heteroatoms. The molecule has 0 aliphatic heterocycles. The summed E-state index contributed by atoms with van der Waals surface area (Å²) in [5.74, 6) is 0.879. The Bertz CT molecular complexity index is 931. The molecule has 172 valence electrons. The summed E-state index contributed by atoms with van der Waals surface area (Å²) in [5, 5.41) is 0. The molecule has 0 bridgehead atoms. The summed E-state index contributed by atoms with van der Waals surface area (Å²) in [5.41, 5.74) is 3.89. The zero-order valence-corrected chi connectivity index (χ0v) is 19.5. The van der Waals surface area contributed by atoms with Crippen LogP contribution in [-0.2, 0) is 6.42 Å². The second-order valence-electron chi connectivity index (χ2n) is 9.55. The van der Waals surface area contributed by atoms with Gasteiger partial charge in [0.1, 0.15) is 0 Å². The van der Waals surface area contributed by atoms with Gasteiger partial charge in [0.05, 0.1) is 6.61 Å². The number of allylic oxidation sites excluding steroid dienone is 2. The summed E-state index contributed by atoms with van der Waals surface area (Å²) in [6.07, 6.45) is 13.1. The van der Waals surface area contributed by atoms with Crippen molar-refractivity contribution in [2.75, 3.05) is 6.61 Å². The van der Waals surface area contributed by atoms with Gasteiger partial charge in [0, 0.05) is 5.56 Å². The minimum absolute atomic E-state index is 0.00690. The lowest BCUT2D eigenvalue weighted by Crippen LogP contribution is -2.11. The molecule has 2 aliphatic carbocycles. The molecule has 0 radical (unpaired) electrons. The molecule has 2 aliphatic rings. The first-order chi connectivity index (χ1) is 15.6. The van der Waals surface area contributed by atoms with Crippen molar-refractivity contribution in [1.29, 1.82) is 0 Å². The predicted octanol–water partition coefficient (Wildman–Crippen LogP) is 8.52. The molecule has 3 unspecified atom stereocenters. The second kappa shape index (κ2) is 10.6. The fourth-order valence-electron chi connectivity index (χ4n) is 5.76. The van der Waals surface area contributed by atoms with E-state index < -0.39 is 11.6 Å². The van der Waals surface area contributed by atoms with Crippen molar-refractivity contribution in [3.05, 3.63) is 65.2 Å². The van der Waals surface area contributed by atoms with E-state index in [1.807, 2.05) is 19.1 Å². The summed E-state index contributed by atoms with van der Waals surface area (Å²) in [7, 11) is 0. The van der Waals surface area contributed by atoms with Crippen LogP contribution in [-0.4, -0.2) is 6.61 Å². The first-order valence-corrected chi connectivity index (χ1v) is 12.5. The number of fused-ring (bicyclic) bond motifs is 1. The molecule has 2 aromatic carbocycles. The zero-order valence-electron chi connectivity index (χ0n) is 19.5. The number of rotatable bonds is 10. The van der Waals surface area contributed by atoms with E-state index in [9.17, 15) is 8.78 Å². The Morgan fingerprint density at radius 3 is 2.47 bits per heavy atom. The molecule has 0 saturated heterocycles. The van der Waals surface area contributed by atoms with Crippen LogP contribution in [0, 0.1) is 29.4 Å². The van der Waals surface area contributed by atoms with E-state index in [1.54, 1.807) is 11.6 Å². The van der Waals surface area contributed by atoms with Crippen LogP contribution in [0.15, 0.2) is 48.0 Å². The Hall–Kier alpha value is -2.16. The van der Waals surface area contributed by atoms with Gasteiger partial charge in [0.25, 0.3) is 0 Å². The number of hydrogen-bond donors (Lipinski definition) is 0. The maximum Gasteiger partial charge on any atom is 0.201 e. The molecule has 1 saturated carbocycles. The third-order valence-electron chi connectivity index (χ3n) is 7.53. The minimum Gasteiger partial charge on any atom is -0.490 e. The Balaban J connectivity index is 1.36. The monoisotopic (exact) mass is 438 g/mol. The molecule has 32 heavy (non-hydrogen) atoms. The molecular weight excluding hydrogens is 402 g/mol. The molecule has 0 amide bonds. The molecule has 1 nitrogen and oxygen atoms in total. The SMILES string of the molecule is CCCCOc1ccc(-c2ccc(CCC3=CCC4C(CCC)CCC34)cc2)c(F)c1F. The van der Waals surface area contributed by atoms with Crippen LogP contribution in [0.3, 0.4) is 0 Å². The molecule has 2 aromatic rings. The fourth-order valence-corrected chi connectivity index (χ4v) is 5.76. The average molecular weight is 439 g/mol. The Labute approximate surface area is 191 Å². The van der Waals surface area contributed by atoms with Crippen LogP contribution in [0.4, 0.5) is 8.78 Å². The topological polar surface area (TPSA) is 9.23 Å². The molecule has 1 fully saturated rings. The van der Waals surface area contributed by atoms with Gasteiger partial charge in [0.2, 0.25) is 5.82 Å². The van der Waals surface area contributed by atoms with Gasteiger partial charge >= 0.3 is 0 Å². The fraction of sp³-hybridized carbons (Fsp3) is 0.517. The van der Waals surface area contributed by atoms with Crippen LogP contribution < -0.4 is 4.74 Å². The summed E-state index contributed by atoms with van der Waals surface area (Å²) in [4.78, 5) is 0. The Morgan fingerprint density at radius 2 is 1.72 bits per heavy atom. The standard InChI is InChI=1S/C29H36F2O/c1-3-5-19-32-27-18-17-26(28(30)29(27)31)23-11-8-20(9-12-23)7-10-22-14-16-24-21(6-4-2)13-15-25(22)24/h8-9,11-12,14,17-18,21,24-25H,3-7,10,13,15-16,19H2,1-2H3. The first-order valence-electron chi connectivity index (χ1n) is 12.5. The largest absolute Gasteiger partial charge is 0.490 e. The van der Waals surface area contributed by atoms with Gasteiger partial charge in [-0.25, -0.2) is 4.39 Å². The van der Waals surface area contributed by atoms with Crippen molar-refractivity contribution in [3.63, 3.8) is 0 Å². The quantitative estimate of drug-likeness (QED) is 0.267. The number of benzene rings is 2. The van der Waals surface area contributed by atoms with Crippen molar-refractivity contribution in [1.82, 2.24) is 0 Å². The number of unbranched alkanes of at least 4 members (excludes halogenated alkanes) is 1. The van der Waals surface area contributed by atoms with Crippen molar-refractivity contribution >= 4 is 0 Å². The highest BCUT2D eigenvalue weighted by atomic mass is 19.2. The van der Waals surface area contributed by atoms with Gasteiger partial charge in [-0.2, -0.15) is 4.39 Å². The smallest absolute Gasteiger partial charge is 0.201 e. The second-order valence-corrected chi connectivity index (χ2v) is 9.55. The van der Waals surface area contributed by atoms with Crippen LogP contribution in [0.2, 0.25) is 0 Å². The molecule has 0 heterocycles. The van der Waals surface area contributed by atoms with E-state index in [1.165, 1.54) is 43.7 Å². The van der Waals surface area contributed by atoms with E-state index in [0.717, 1.165) is 43.4 Å². The van der Waals surface area contributed by atoms with E-state index in [4.69, 9.17) is 4.74 Å². The molecule has 0 spiro atoms. The number of aryl methyl sites for hydroxylation is 1. The zero-order chi connectivity index (χ0) is 22.5. The van der Waals surface area contributed by atoms with Gasteiger partial charge < -0.3 is 4.74 Å². The number of halogens is 2.